The van der Waals surface area contributed by atoms with Gasteiger partial charge in [-0.15, -0.1) is 0 Å². The van der Waals surface area contributed by atoms with Crippen LogP contribution in [-0.4, -0.2) is 27.0 Å². The van der Waals surface area contributed by atoms with E-state index in [1.807, 2.05) is 58.0 Å². The average Bonchev–Trinajstić information content (AvgIpc) is 2.89. The van der Waals surface area contributed by atoms with Gasteiger partial charge in [0, 0.05) is 24.0 Å². The number of nitrogens with zero attached hydrogens (tertiary/aromatic N) is 4. The van der Waals surface area contributed by atoms with Gasteiger partial charge in [0.2, 0.25) is 0 Å². The molecule has 0 aliphatic carbocycles. The lowest BCUT2D eigenvalue weighted by molar-refractivity contribution is 0.0983. The molecule has 3 aromatic rings. The van der Waals surface area contributed by atoms with Crippen molar-refractivity contribution in [2.45, 2.75) is 27.7 Å². The molecule has 0 bridgehead atoms. The number of fused-ring (bicyclic) bond motifs is 1. The van der Waals surface area contributed by atoms with E-state index in [9.17, 15) is 4.79 Å². The highest BCUT2D eigenvalue weighted by Gasteiger charge is 2.19. The minimum absolute atomic E-state index is 0.0949. The van der Waals surface area contributed by atoms with E-state index in [0.29, 0.717) is 17.9 Å². The lowest BCUT2D eigenvalue weighted by atomic mass is 10.2. The summed E-state index contributed by atoms with van der Waals surface area (Å²) in [6.45, 7) is 8.42. The number of hydrogen-bond donors (Lipinski definition) is 0. The molecule has 2 heterocycles. The van der Waals surface area contributed by atoms with Gasteiger partial charge in [0.1, 0.15) is 5.69 Å². The van der Waals surface area contributed by atoms with Gasteiger partial charge >= 0.3 is 0 Å². The maximum absolute atomic E-state index is 12.9. The van der Waals surface area contributed by atoms with Crippen molar-refractivity contribution < 1.29 is 4.79 Å². The molecule has 23 heavy (non-hydrogen) atoms. The SMILES string of the molecule is CCN(C(=O)c1cc(C)n2nc(C)cc2n1)c1cccc(C)c1. The fraction of sp³-hybridized carbons (Fsp3) is 0.278. The van der Waals surface area contributed by atoms with Crippen LogP contribution >= 0.6 is 0 Å². The van der Waals surface area contributed by atoms with Crippen LogP contribution in [0.1, 0.15) is 34.4 Å². The molecule has 0 saturated heterocycles. The van der Waals surface area contributed by atoms with E-state index in [2.05, 4.69) is 10.1 Å². The first-order chi connectivity index (χ1) is 11.0. The summed E-state index contributed by atoms with van der Waals surface area (Å²) >= 11 is 0. The summed E-state index contributed by atoms with van der Waals surface area (Å²) in [5, 5.41) is 4.38. The van der Waals surface area contributed by atoms with Crippen LogP contribution in [0.4, 0.5) is 5.69 Å². The zero-order chi connectivity index (χ0) is 16.6. The van der Waals surface area contributed by atoms with E-state index in [1.54, 1.807) is 15.5 Å². The number of amides is 1. The molecule has 0 saturated carbocycles. The standard InChI is InChI=1S/C18H20N4O/c1-5-21(15-8-6-7-12(2)9-15)18(23)16-11-14(4)22-17(19-16)10-13(3)20-22/h6-11H,5H2,1-4H3. The highest BCUT2D eigenvalue weighted by Crippen LogP contribution is 2.19. The van der Waals surface area contributed by atoms with Crippen LogP contribution in [0.2, 0.25) is 0 Å². The minimum atomic E-state index is -0.0949. The molecule has 0 aliphatic rings. The Morgan fingerprint density at radius 1 is 1.17 bits per heavy atom. The number of benzene rings is 1. The Balaban J connectivity index is 2.04. The molecule has 0 radical (unpaired) electrons. The smallest absolute Gasteiger partial charge is 0.277 e. The molecular weight excluding hydrogens is 288 g/mol. The van der Waals surface area contributed by atoms with Crippen LogP contribution < -0.4 is 4.90 Å². The first-order valence-electron chi connectivity index (χ1n) is 7.72. The van der Waals surface area contributed by atoms with Crippen LogP contribution in [0.25, 0.3) is 5.65 Å². The van der Waals surface area contributed by atoms with Crippen molar-refractivity contribution in [2.24, 2.45) is 0 Å². The molecule has 5 nitrogen and oxygen atoms in total. The number of carbonyl (C=O) groups excluding carboxylic acids is 1. The molecule has 5 heteroatoms. The second-order valence-corrected chi connectivity index (χ2v) is 5.73. The van der Waals surface area contributed by atoms with Crippen molar-refractivity contribution in [2.75, 3.05) is 11.4 Å². The predicted octanol–water partition coefficient (Wildman–Crippen LogP) is 3.32. The summed E-state index contributed by atoms with van der Waals surface area (Å²) < 4.78 is 1.76. The average molecular weight is 308 g/mol. The maximum Gasteiger partial charge on any atom is 0.277 e. The molecule has 118 valence electrons. The number of rotatable bonds is 3. The summed E-state index contributed by atoms with van der Waals surface area (Å²) in [4.78, 5) is 19.2. The van der Waals surface area contributed by atoms with E-state index in [-0.39, 0.29) is 5.91 Å². The largest absolute Gasteiger partial charge is 0.307 e. The van der Waals surface area contributed by atoms with Gasteiger partial charge in [-0.05, 0) is 51.5 Å². The van der Waals surface area contributed by atoms with Crippen LogP contribution in [0, 0.1) is 20.8 Å². The van der Waals surface area contributed by atoms with Gasteiger partial charge < -0.3 is 4.90 Å². The third-order valence-electron chi connectivity index (χ3n) is 3.82. The van der Waals surface area contributed by atoms with Crippen LogP contribution in [0.5, 0.6) is 0 Å². The zero-order valence-corrected chi connectivity index (χ0v) is 13.9. The van der Waals surface area contributed by atoms with Crippen LogP contribution in [-0.2, 0) is 0 Å². The number of aryl methyl sites for hydroxylation is 3. The molecule has 1 amide bonds. The topological polar surface area (TPSA) is 50.5 Å². The summed E-state index contributed by atoms with van der Waals surface area (Å²) in [6.07, 6.45) is 0. The molecule has 0 aliphatic heterocycles. The van der Waals surface area contributed by atoms with Crippen LogP contribution in [0.15, 0.2) is 36.4 Å². The molecule has 0 unspecified atom stereocenters. The second kappa shape index (κ2) is 5.83. The van der Waals surface area contributed by atoms with E-state index >= 15 is 0 Å². The van der Waals surface area contributed by atoms with Crippen molar-refractivity contribution in [3.05, 3.63) is 59.0 Å². The van der Waals surface area contributed by atoms with Crippen molar-refractivity contribution in [1.82, 2.24) is 14.6 Å². The summed E-state index contributed by atoms with van der Waals surface area (Å²) in [5.74, 6) is -0.0949. The Kier molecular flexibility index (Phi) is 3.86. The van der Waals surface area contributed by atoms with E-state index in [0.717, 1.165) is 22.6 Å². The lowest BCUT2D eigenvalue weighted by Crippen LogP contribution is -2.31. The van der Waals surface area contributed by atoms with Gasteiger partial charge in [0.25, 0.3) is 5.91 Å². The molecule has 0 spiro atoms. The Labute approximate surface area is 135 Å². The molecule has 0 N–H and O–H groups in total. The Bertz CT molecular complexity index is 882. The molecule has 0 atom stereocenters. The number of anilines is 1. The third-order valence-corrected chi connectivity index (χ3v) is 3.82. The summed E-state index contributed by atoms with van der Waals surface area (Å²) in [7, 11) is 0. The minimum Gasteiger partial charge on any atom is -0.307 e. The van der Waals surface area contributed by atoms with Crippen LogP contribution in [0.3, 0.4) is 0 Å². The predicted molar refractivity (Wildman–Crippen MR) is 91.0 cm³/mol. The molecule has 2 aromatic heterocycles. The fourth-order valence-corrected chi connectivity index (χ4v) is 2.73. The number of aromatic nitrogens is 3. The third kappa shape index (κ3) is 2.82. The van der Waals surface area contributed by atoms with Crippen molar-refractivity contribution >= 4 is 17.2 Å². The van der Waals surface area contributed by atoms with Crippen molar-refractivity contribution in [3.63, 3.8) is 0 Å². The van der Waals surface area contributed by atoms with E-state index in [4.69, 9.17) is 0 Å². The Morgan fingerprint density at radius 2 is 1.96 bits per heavy atom. The normalized spacial score (nSPS) is 11.0. The number of hydrogen-bond acceptors (Lipinski definition) is 3. The number of carbonyl (C=O) groups is 1. The van der Waals surface area contributed by atoms with Crippen molar-refractivity contribution in [1.29, 1.82) is 0 Å². The van der Waals surface area contributed by atoms with E-state index < -0.39 is 0 Å². The fourth-order valence-electron chi connectivity index (χ4n) is 2.73. The monoisotopic (exact) mass is 308 g/mol. The molecule has 3 rings (SSSR count). The Morgan fingerprint density at radius 3 is 2.65 bits per heavy atom. The van der Waals surface area contributed by atoms with Gasteiger partial charge in [-0.1, -0.05) is 12.1 Å². The molecule has 0 fully saturated rings. The van der Waals surface area contributed by atoms with Gasteiger partial charge in [-0.2, -0.15) is 5.10 Å². The summed E-state index contributed by atoms with van der Waals surface area (Å²) in [6, 6.07) is 11.6. The quantitative estimate of drug-likeness (QED) is 0.746. The van der Waals surface area contributed by atoms with E-state index in [1.165, 1.54) is 0 Å². The first-order valence-corrected chi connectivity index (χ1v) is 7.72. The highest BCUT2D eigenvalue weighted by atomic mass is 16.2. The van der Waals surface area contributed by atoms with Gasteiger partial charge in [0.05, 0.1) is 5.69 Å². The van der Waals surface area contributed by atoms with Crippen molar-refractivity contribution in [3.8, 4) is 0 Å². The van der Waals surface area contributed by atoms with Gasteiger partial charge in [0.15, 0.2) is 5.65 Å². The molecule has 1 aromatic carbocycles. The lowest BCUT2D eigenvalue weighted by Gasteiger charge is -2.21. The summed E-state index contributed by atoms with van der Waals surface area (Å²) in [5.41, 5.74) is 4.94. The van der Waals surface area contributed by atoms with Gasteiger partial charge in [-0.25, -0.2) is 9.50 Å². The highest BCUT2D eigenvalue weighted by molar-refractivity contribution is 6.05. The molecular formula is C18H20N4O. The second-order valence-electron chi connectivity index (χ2n) is 5.73. The first kappa shape index (κ1) is 15.2. The zero-order valence-electron chi connectivity index (χ0n) is 13.9. The van der Waals surface area contributed by atoms with Gasteiger partial charge in [-0.3, -0.25) is 4.79 Å². The maximum atomic E-state index is 12.9. The Hall–Kier alpha value is -2.69.